The molecule has 0 unspecified atom stereocenters. The highest BCUT2D eigenvalue weighted by atomic mass is 19.1. The molecule has 2 atom stereocenters. The number of carbonyl (C=O) groups excluding carboxylic acids is 2. The average molecular weight is 383 g/mol. The lowest BCUT2D eigenvalue weighted by Crippen LogP contribution is -2.50. The van der Waals surface area contributed by atoms with Crippen molar-refractivity contribution in [1.29, 1.82) is 0 Å². The van der Waals surface area contributed by atoms with E-state index in [1.165, 1.54) is 12.1 Å². The summed E-state index contributed by atoms with van der Waals surface area (Å²) >= 11 is 0. The van der Waals surface area contributed by atoms with E-state index in [1.54, 1.807) is 12.1 Å². The molecule has 1 aliphatic rings. The molecule has 2 aromatic carbocycles. The molecule has 0 radical (unpaired) electrons. The number of carbonyl (C=O) groups is 2. The quantitative estimate of drug-likeness (QED) is 0.769. The van der Waals surface area contributed by atoms with Gasteiger partial charge in [0.05, 0.1) is 5.71 Å². The van der Waals surface area contributed by atoms with Crippen molar-refractivity contribution in [2.75, 3.05) is 6.54 Å². The van der Waals surface area contributed by atoms with Gasteiger partial charge in [0.15, 0.2) is 0 Å². The van der Waals surface area contributed by atoms with Crippen molar-refractivity contribution in [3.8, 4) is 0 Å². The van der Waals surface area contributed by atoms with E-state index >= 15 is 0 Å². The van der Waals surface area contributed by atoms with Crippen molar-refractivity contribution >= 4 is 17.5 Å². The Bertz CT molecular complexity index is 853. The third kappa shape index (κ3) is 4.94. The molecule has 0 bridgehead atoms. The fourth-order valence-electron chi connectivity index (χ4n) is 2.95. The van der Waals surface area contributed by atoms with Crippen LogP contribution >= 0.6 is 0 Å². The first-order valence-electron chi connectivity index (χ1n) is 9.17. The molecule has 2 aromatic rings. The largest absolute Gasteiger partial charge is 0.382 e. The first-order chi connectivity index (χ1) is 13.6. The number of halogens is 1. The smallest absolute Gasteiger partial charge is 0.265 e. The van der Waals surface area contributed by atoms with Crippen LogP contribution in [0.2, 0.25) is 0 Å². The number of hydrogen-bond acceptors (Lipinski definition) is 4. The van der Waals surface area contributed by atoms with Gasteiger partial charge in [-0.05, 0) is 30.2 Å². The van der Waals surface area contributed by atoms with Crippen LogP contribution in [-0.4, -0.2) is 36.2 Å². The van der Waals surface area contributed by atoms with Crippen LogP contribution in [-0.2, 0) is 20.8 Å². The highest BCUT2D eigenvalue weighted by Crippen LogP contribution is 2.17. The first-order valence-corrected chi connectivity index (χ1v) is 9.17. The highest BCUT2D eigenvalue weighted by Gasteiger charge is 2.32. The molecule has 0 saturated carbocycles. The molecule has 0 saturated heterocycles. The van der Waals surface area contributed by atoms with E-state index < -0.39 is 18.1 Å². The Kier molecular flexibility index (Phi) is 6.37. The van der Waals surface area contributed by atoms with Gasteiger partial charge in [-0.1, -0.05) is 47.6 Å². The van der Waals surface area contributed by atoms with Crippen LogP contribution in [0.15, 0.2) is 59.8 Å². The van der Waals surface area contributed by atoms with Gasteiger partial charge in [-0.2, -0.15) is 0 Å². The zero-order valence-electron chi connectivity index (χ0n) is 15.5. The van der Waals surface area contributed by atoms with Crippen molar-refractivity contribution in [3.05, 3.63) is 71.5 Å². The molecule has 146 valence electrons. The monoisotopic (exact) mass is 383 g/mol. The molecule has 3 rings (SSSR count). The zero-order chi connectivity index (χ0) is 19.9. The van der Waals surface area contributed by atoms with Crippen molar-refractivity contribution in [2.45, 2.75) is 31.9 Å². The summed E-state index contributed by atoms with van der Waals surface area (Å²) in [6, 6.07) is 14.6. The number of rotatable bonds is 7. The predicted octanol–water partition coefficient (Wildman–Crippen LogP) is 2.18. The van der Waals surface area contributed by atoms with Crippen LogP contribution in [0.3, 0.4) is 0 Å². The highest BCUT2D eigenvalue weighted by molar-refractivity contribution is 6.04. The van der Waals surface area contributed by atoms with Crippen LogP contribution < -0.4 is 10.6 Å². The molecule has 0 fully saturated rings. The summed E-state index contributed by atoms with van der Waals surface area (Å²) in [4.78, 5) is 30.3. The summed E-state index contributed by atoms with van der Waals surface area (Å²) in [6.07, 6.45) is -0.199. The molecule has 0 spiro atoms. The second-order valence-electron chi connectivity index (χ2n) is 6.49. The Hall–Kier alpha value is -3.22. The van der Waals surface area contributed by atoms with Crippen LogP contribution in [0.25, 0.3) is 0 Å². The molecule has 0 aromatic heterocycles. The number of nitrogens with zero attached hydrogens (tertiary/aromatic N) is 1. The van der Waals surface area contributed by atoms with Crippen molar-refractivity contribution in [3.63, 3.8) is 0 Å². The van der Waals surface area contributed by atoms with E-state index in [1.807, 2.05) is 37.3 Å². The molecule has 2 N–H and O–H groups in total. The van der Waals surface area contributed by atoms with Gasteiger partial charge in [-0.25, -0.2) is 4.39 Å². The van der Waals surface area contributed by atoms with Crippen LogP contribution in [0.5, 0.6) is 0 Å². The van der Waals surface area contributed by atoms with Crippen LogP contribution in [0.1, 0.15) is 24.5 Å². The lowest BCUT2D eigenvalue weighted by molar-refractivity contribution is -0.135. The third-order valence-corrected chi connectivity index (χ3v) is 4.41. The number of likely N-dealkylation sites (N-methyl/N-ethyl adjacent to an activating group) is 1. The average Bonchev–Trinajstić information content (AvgIpc) is 3.19. The molecular formula is C21H22FN3O3. The fraction of sp³-hybridized carbons (Fsp3) is 0.286. The van der Waals surface area contributed by atoms with E-state index in [0.29, 0.717) is 24.2 Å². The van der Waals surface area contributed by atoms with E-state index in [9.17, 15) is 14.0 Å². The van der Waals surface area contributed by atoms with Crippen LogP contribution in [0.4, 0.5) is 4.39 Å². The van der Waals surface area contributed by atoms with E-state index in [-0.39, 0.29) is 18.1 Å². The van der Waals surface area contributed by atoms with Gasteiger partial charge in [0.1, 0.15) is 11.9 Å². The first kappa shape index (κ1) is 19.5. The van der Waals surface area contributed by atoms with Gasteiger partial charge < -0.3 is 15.5 Å². The second kappa shape index (κ2) is 9.12. The minimum absolute atomic E-state index is 0.252. The summed E-state index contributed by atoms with van der Waals surface area (Å²) < 4.78 is 13.1. The zero-order valence-corrected chi connectivity index (χ0v) is 15.5. The van der Waals surface area contributed by atoms with Crippen molar-refractivity contribution in [1.82, 2.24) is 10.6 Å². The predicted molar refractivity (Wildman–Crippen MR) is 103 cm³/mol. The number of oxime groups is 1. The maximum absolute atomic E-state index is 13.1. The van der Waals surface area contributed by atoms with Gasteiger partial charge in [0, 0.05) is 19.4 Å². The summed E-state index contributed by atoms with van der Waals surface area (Å²) in [5, 5.41) is 9.45. The van der Waals surface area contributed by atoms with Crippen molar-refractivity contribution < 1.29 is 18.8 Å². The Morgan fingerprint density at radius 1 is 1.18 bits per heavy atom. The number of benzene rings is 2. The SMILES string of the molecule is CCNC(=O)[C@@H](Cc1ccccc1)NC(=O)[C@@H]1CC(c2ccc(F)cc2)=NO1. The minimum atomic E-state index is -0.826. The number of amides is 2. The Morgan fingerprint density at radius 3 is 2.57 bits per heavy atom. The van der Waals surface area contributed by atoms with Gasteiger partial charge in [0.2, 0.25) is 12.0 Å². The van der Waals surface area contributed by atoms with Gasteiger partial charge in [0.25, 0.3) is 5.91 Å². The Labute approximate surface area is 162 Å². The number of nitrogens with one attached hydrogen (secondary N) is 2. The van der Waals surface area contributed by atoms with Gasteiger partial charge in [-0.3, -0.25) is 9.59 Å². The lowest BCUT2D eigenvalue weighted by atomic mass is 10.0. The fourth-order valence-corrected chi connectivity index (χ4v) is 2.95. The molecule has 7 heteroatoms. The number of hydrogen-bond donors (Lipinski definition) is 2. The minimum Gasteiger partial charge on any atom is -0.382 e. The maximum Gasteiger partial charge on any atom is 0.265 e. The standard InChI is InChI=1S/C21H22FN3O3/c1-2-23-20(26)18(12-14-6-4-3-5-7-14)24-21(27)19-13-17(25-28-19)15-8-10-16(22)11-9-15/h3-11,18-19H,2,12-13H2,1H3,(H,23,26)(H,24,27)/t18-,19+/m1/s1. The van der Waals surface area contributed by atoms with E-state index in [0.717, 1.165) is 5.56 Å². The molecule has 6 nitrogen and oxygen atoms in total. The Balaban J connectivity index is 1.63. The van der Waals surface area contributed by atoms with Crippen molar-refractivity contribution in [2.24, 2.45) is 5.16 Å². The topological polar surface area (TPSA) is 79.8 Å². The van der Waals surface area contributed by atoms with E-state index in [2.05, 4.69) is 15.8 Å². The maximum atomic E-state index is 13.1. The van der Waals surface area contributed by atoms with E-state index in [4.69, 9.17) is 4.84 Å². The van der Waals surface area contributed by atoms with Crippen LogP contribution in [0, 0.1) is 5.82 Å². The third-order valence-electron chi connectivity index (χ3n) is 4.41. The molecule has 1 heterocycles. The lowest BCUT2D eigenvalue weighted by Gasteiger charge is -2.19. The van der Waals surface area contributed by atoms with Gasteiger partial charge in [-0.15, -0.1) is 0 Å². The molecule has 0 aliphatic carbocycles. The second-order valence-corrected chi connectivity index (χ2v) is 6.49. The molecule has 28 heavy (non-hydrogen) atoms. The normalized spacial score (nSPS) is 16.6. The summed E-state index contributed by atoms with van der Waals surface area (Å²) in [7, 11) is 0. The molecule has 2 amide bonds. The van der Waals surface area contributed by atoms with Gasteiger partial charge >= 0.3 is 0 Å². The summed E-state index contributed by atoms with van der Waals surface area (Å²) in [6.45, 7) is 2.29. The molecule has 1 aliphatic heterocycles. The summed E-state index contributed by atoms with van der Waals surface area (Å²) in [5.74, 6) is -1.01. The summed E-state index contributed by atoms with van der Waals surface area (Å²) in [5.41, 5.74) is 2.20. The Morgan fingerprint density at radius 2 is 1.89 bits per heavy atom. The molecular weight excluding hydrogens is 361 g/mol.